The van der Waals surface area contributed by atoms with Crippen molar-refractivity contribution in [1.29, 1.82) is 0 Å². The zero-order valence-corrected chi connectivity index (χ0v) is 13.2. The van der Waals surface area contributed by atoms with Crippen molar-refractivity contribution in [2.45, 2.75) is 84.8 Å². The molecule has 0 saturated heterocycles. The van der Waals surface area contributed by atoms with E-state index < -0.39 is 0 Å². The lowest BCUT2D eigenvalue weighted by Crippen LogP contribution is -2.31. The SMILES string of the molecule is CCCCC(CCC)C(C)(C)CC(C)(C)S. The van der Waals surface area contributed by atoms with Crippen molar-refractivity contribution in [2.24, 2.45) is 11.3 Å². The molecule has 1 heteroatoms. The van der Waals surface area contributed by atoms with E-state index in [4.69, 9.17) is 12.6 Å². The second kappa shape index (κ2) is 6.93. The fourth-order valence-electron chi connectivity index (χ4n) is 2.98. The van der Waals surface area contributed by atoms with Crippen molar-refractivity contribution < 1.29 is 0 Å². The third-order valence-electron chi connectivity index (χ3n) is 3.54. The Bertz CT molecular complexity index is 176. The Kier molecular flexibility index (Phi) is 7.09. The standard InChI is InChI=1S/C15H32S/c1-7-9-11-13(10-8-2)14(3,4)12-15(5,6)16/h13,16H,7-12H2,1-6H3. The highest BCUT2D eigenvalue weighted by Crippen LogP contribution is 2.42. The Hall–Kier alpha value is 0.350. The minimum Gasteiger partial charge on any atom is -0.173 e. The number of thiol groups is 1. The van der Waals surface area contributed by atoms with Crippen LogP contribution < -0.4 is 0 Å². The highest BCUT2D eigenvalue weighted by atomic mass is 32.1. The molecule has 1 atom stereocenters. The minimum atomic E-state index is 0.154. The Morgan fingerprint density at radius 2 is 1.50 bits per heavy atom. The molecule has 0 radical (unpaired) electrons. The zero-order chi connectivity index (χ0) is 12.8. The predicted molar refractivity (Wildman–Crippen MR) is 79.4 cm³/mol. The molecule has 0 N–H and O–H groups in total. The molecule has 0 nitrogen and oxygen atoms in total. The average molecular weight is 244 g/mol. The van der Waals surface area contributed by atoms with Crippen LogP contribution >= 0.6 is 12.6 Å². The number of hydrogen-bond acceptors (Lipinski definition) is 1. The van der Waals surface area contributed by atoms with E-state index in [0.29, 0.717) is 5.41 Å². The van der Waals surface area contributed by atoms with Gasteiger partial charge in [0.2, 0.25) is 0 Å². The molecule has 16 heavy (non-hydrogen) atoms. The molecule has 0 bridgehead atoms. The summed E-state index contributed by atoms with van der Waals surface area (Å²) in [6.07, 6.45) is 7.97. The van der Waals surface area contributed by atoms with Gasteiger partial charge in [-0.05, 0) is 24.2 Å². The van der Waals surface area contributed by atoms with Gasteiger partial charge in [0.05, 0.1) is 0 Å². The molecule has 0 saturated carbocycles. The maximum Gasteiger partial charge on any atom is 0.00783 e. The molecule has 0 fully saturated rings. The van der Waals surface area contributed by atoms with E-state index in [0.717, 1.165) is 5.92 Å². The molecular weight excluding hydrogens is 212 g/mol. The second-order valence-corrected chi connectivity index (χ2v) is 7.82. The fraction of sp³-hybridized carbons (Fsp3) is 1.00. The maximum atomic E-state index is 4.70. The van der Waals surface area contributed by atoms with Crippen molar-refractivity contribution in [1.82, 2.24) is 0 Å². The third kappa shape index (κ3) is 6.83. The maximum absolute atomic E-state index is 4.70. The molecule has 0 aromatic heterocycles. The summed E-state index contributed by atoms with van der Waals surface area (Å²) in [6.45, 7) is 13.9. The van der Waals surface area contributed by atoms with E-state index in [1.807, 2.05) is 0 Å². The molecule has 98 valence electrons. The minimum absolute atomic E-state index is 0.154. The smallest absolute Gasteiger partial charge is 0.00783 e. The summed E-state index contributed by atoms with van der Waals surface area (Å²) in [5.41, 5.74) is 0.427. The van der Waals surface area contributed by atoms with Gasteiger partial charge < -0.3 is 0 Å². The van der Waals surface area contributed by atoms with Crippen LogP contribution in [0.2, 0.25) is 0 Å². The molecule has 0 aromatic rings. The molecule has 0 aliphatic heterocycles. The Labute approximate surface area is 109 Å². The highest BCUT2D eigenvalue weighted by Gasteiger charge is 2.32. The van der Waals surface area contributed by atoms with Gasteiger partial charge in [0.15, 0.2) is 0 Å². The molecule has 0 amide bonds. The summed E-state index contributed by atoms with van der Waals surface area (Å²) < 4.78 is 0.154. The van der Waals surface area contributed by atoms with Gasteiger partial charge in [-0.1, -0.05) is 67.2 Å². The van der Waals surface area contributed by atoms with Crippen LogP contribution in [0.5, 0.6) is 0 Å². The van der Waals surface area contributed by atoms with Crippen LogP contribution in [0.3, 0.4) is 0 Å². The Morgan fingerprint density at radius 1 is 0.938 bits per heavy atom. The van der Waals surface area contributed by atoms with Crippen molar-refractivity contribution in [3.05, 3.63) is 0 Å². The van der Waals surface area contributed by atoms with Gasteiger partial charge in [-0.15, -0.1) is 0 Å². The first kappa shape index (κ1) is 16.4. The molecule has 0 aliphatic rings. The number of rotatable bonds is 8. The lowest BCUT2D eigenvalue weighted by Gasteiger charge is -2.39. The summed E-state index contributed by atoms with van der Waals surface area (Å²) in [6, 6.07) is 0. The fourth-order valence-corrected chi connectivity index (χ4v) is 3.39. The Morgan fingerprint density at radius 3 is 1.88 bits per heavy atom. The summed E-state index contributed by atoms with van der Waals surface area (Å²) in [5, 5.41) is 0. The second-order valence-electron chi connectivity index (χ2n) is 6.61. The van der Waals surface area contributed by atoms with Crippen LogP contribution in [0.25, 0.3) is 0 Å². The predicted octanol–water partition coefficient (Wildman–Crippen LogP) is 5.72. The van der Waals surface area contributed by atoms with Gasteiger partial charge in [0.25, 0.3) is 0 Å². The molecule has 0 heterocycles. The van der Waals surface area contributed by atoms with Crippen molar-refractivity contribution in [3.63, 3.8) is 0 Å². The molecule has 1 unspecified atom stereocenters. The van der Waals surface area contributed by atoms with Crippen LogP contribution in [0.4, 0.5) is 0 Å². The quantitative estimate of drug-likeness (QED) is 0.519. The highest BCUT2D eigenvalue weighted by molar-refractivity contribution is 7.81. The summed E-state index contributed by atoms with van der Waals surface area (Å²) in [7, 11) is 0. The van der Waals surface area contributed by atoms with Gasteiger partial charge in [-0.2, -0.15) is 12.6 Å². The van der Waals surface area contributed by atoms with Gasteiger partial charge >= 0.3 is 0 Å². The lowest BCUT2D eigenvalue weighted by atomic mass is 9.69. The van der Waals surface area contributed by atoms with E-state index in [-0.39, 0.29) is 4.75 Å². The molecule has 0 aliphatic carbocycles. The van der Waals surface area contributed by atoms with E-state index in [1.165, 1.54) is 38.5 Å². The van der Waals surface area contributed by atoms with Crippen LogP contribution in [0, 0.1) is 11.3 Å². The topological polar surface area (TPSA) is 0 Å². The van der Waals surface area contributed by atoms with Gasteiger partial charge in [0, 0.05) is 4.75 Å². The molecule has 0 aromatic carbocycles. The van der Waals surface area contributed by atoms with E-state index in [9.17, 15) is 0 Å². The lowest BCUT2D eigenvalue weighted by molar-refractivity contribution is 0.155. The van der Waals surface area contributed by atoms with Crippen LogP contribution in [0.15, 0.2) is 0 Å². The summed E-state index contributed by atoms with van der Waals surface area (Å²) in [5.74, 6) is 0.865. The van der Waals surface area contributed by atoms with E-state index in [1.54, 1.807) is 0 Å². The van der Waals surface area contributed by atoms with Gasteiger partial charge in [-0.25, -0.2) is 0 Å². The van der Waals surface area contributed by atoms with Crippen molar-refractivity contribution in [2.75, 3.05) is 0 Å². The molecular formula is C15H32S. The monoisotopic (exact) mass is 244 g/mol. The largest absolute Gasteiger partial charge is 0.173 e. The van der Waals surface area contributed by atoms with E-state index >= 15 is 0 Å². The summed E-state index contributed by atoms with van der Waals surface area (Å²) in [4.78, 5) is 0. The molecule has 0 spiro atoms. The van der Waals surface area contributed by atoms with Crippen LogP contribution in [-0.2, 0) is 0 Å². The average Bonchev–Trinajstić information content (AvgIpc) is 2.07. The van der Waals surface area contributed by atoms with Gasteiger partial charge in [-0.3, -0.25) is 0 Å². The first-order valence-electron chi connectivity index (χ1n) is 6.95. The normalized spacial score (nSPS) is 15.2. The first-order valence-corrected chi connectivity index (χ1v) is 7.40. The van der Waals surface area contributed by atoms with E-state index in [2.05, 4.69) is 41.5 Å². The number of hydrogen-bond donors (Lipinski definition) is 1. The van der Waals surface area contributed by atoms with Crippen LogP contribution in [-0.4, -0.2) is 4.75 Å². The third-order valence-corrected chi connectivity index (χ3v) is 3.69. The van der Waals surface area contributed by atoms with Crippen molar-refractivity contribution in [3.8, 4) is 0 Å². The van der Waals surface area contributed by atoms with Gasteiger partial charge in [0.1, 0.15) is 0 Å². The first-order chi connectivity index (χ1) is 7.23. The summed E-state index contributed by atoms with van der Waals surface area (Å²) >= 11 is 4.70. The number of unbranched alkanes of at least 4 members (excludes halogenated alkanes) is 1. The van der Waals surface area contributed by atoms with Crippen LogP contribution in [0.1, 0.15) is 80.1 Å². The molecule has 0 rings (SSSR count). The Balaban J connectivity index is 4.47. The zero-order valence-electron chi connectivity index (χ0n) is 12.3. The van der Waals surface area contributed by atoms with Crippen molar-refractivity contribution >= 4 is 12.6 Å².